The first-order valence-corrected chi connectivity index (χ1v) is 10.5. The molecule has 1 aliphatic rings. The number of ether oxygens (including phenoxy) is 2. The highest BCUT2D eigenvalue weighted by molar-refractivity contribution is 6.34. The number of aromatic nitrogens is 1. The fourth-order valence-corrected chi connectivity index (χ4v) is 3.60. The van der Waals surface area contributed by atoms with E-state index in [0.29, 0.717) is 48.3 Å². The second-order valence-electron chi connectivity index (χ2n) is 7.04. The molecular formula is C24H21ClFN3O3. The summed E-state index contributed by atoms with van der Waals surface area (Å²) in [6.07, 6.45) is 5.99. The van der Waals surface area contributed by atoms with Crippen molar-refractivity contribution in [1.82, 2.24) is 4.98 Å². The van der Waals surface area contributed by atoms with E-state index in [4.69, 9.17) is 21.1 Å². The molecule has 1 saturated heterocycles. The fraction of sp³-hybridized carbons (Fsp3) is 0.167. The molecule has 0 unspecified atom stereocenters. The molecule has 4 rings (SSSR count). The number of benzene rings is 2. The summed E-state index contributed by atoms with van der Waals surface area (Å²) in [7, 11) is 0. The van der Waals surface area contributed by atoms with Gasteiger partial charge in [-0.15, -0.1) is 0 Å². The highest BCUT2D eigenvalue weighted by atomic mass is 35.5. The molecule has 8 heteroatoms. The van der Waals surface area contributed by atoms with Crippen molar-refractivity contribution in [3.63, 3.8) is 0 Å². The number of halogens is 2. The van der Waals surface area contributed by atoms with Crippen molar-refractivity contribution in [2.75, 3.05) is 36.5 Å². The Morgan fingerprint density at radius 3 is 2.78 bits per heavy atom. The molecule has 2 heterocycles. The Morgan fingerprint density at radius 1 is 1.19 bits per heavy atom. The van der Waals surface area contributed by atoms with Crippen molar-refractivity contribution in [2.24, 2.45) is 0 Å². The Bertz CT molecular complexity index is 1120. The van der Waals surface area contributed by atoms with Gasteiger partial charge in [0.1, 0.15) is 5.75 Å². The van der Waals surface area contributed by atoms with E-state index in [1.807, 2.05) is 0 Å². The predicted octanol–water partition coefficient (Wildman–Crippen LogP) is 5.15. The summed E-state index contributed by atoms with van der Waals surface area (Å²) in [5.74, 6) is -0.376. The number of anilines is 2. The maximum atomic E-state index is 14.4. The molecule has 3 aromatic rings. The first kappa shape index (κ1) is 21.8. The zero-order valence-corrected chi connectivity index (χ0v) is 17.9. The van der Waals surface area contributed by atoms with Crippen LogP contribution >= 0.6 is 11.6 Å². The molecule has 164 valence electrons. The van der Waals surface area contributed by atoms with Gasteiger partial charge in [-0.05, 0) is 48.0 Å². The van der Waals surface area contributed by atoms with Gasteiger partial charge in [0.2, 0.25) is 5.91 Å². The molecule has 1 aromatic heterocycles. The third-order valence-corrected chi connectivity index (χ3v) is 5.12. The lowest BCUT2D eigenvalue weighted by Gasteiger charge is -2.31. The molecule has 1 amide bonds. The minimum atomic E-state index is -0.541. The lowest BCUT2D eigenvalue weighted by molar-refractivity contribution is -0.111. The first-order valence-electron chi connectivity index (χ1n) is 10.1. The predicted molar refractivity (Wildman–Crippen MR) is 123 cm³/mol. The van der Waals surface area contributed by atoms with Crippen LogP contribution in [0, 0.1) is 5.82 Å². The van der Waals surface area contributed by atoms with Crippen LogP contribution in [0.4, 0.5) is 15.8 Å². The largest absolute Gasteiger partial charge is 0.453 e. The molecule has 0 bridgehead atoms. The quantitative estimate of drug-likeness (QED) is 0.522. The van der Waals surface area contributed by atoms with E-state index < -0.39 is 5.82 Å². The summed E-state index contributed by atoms with van der Waals surface area (Å²) in [5, 5.41) is 3.42. The van der Waals surface area contributed by atoms with E-state index in [1.165, 1.54) is 30.5 Å². The van der Waals surface area contributed by atoms with E-state index in [1.54, 1.807) is 42.6 Å². The second-order valence-corrected chi connectivity index (χ2v) is 7.45. The Morgan fingerprint density at radius 2 is 2.03 bits per heavy atom. The van der Waals surface area contributed by atoms with Gasteiger partial charge in [-0.2, -0.15) is 0 Å². The molecule has 0 atom stereocenters. The van der Waals surface area contributed by atoms with Crippen LogP contribution in [0.2, 0.25) is 5.02 Å². The number of para-hydroxylation sites is 1. The van der Waals surface area contributed by atoms with Gasteiger partial charge in [0.25, 0.3) is 0 Å². The van der Waals surface area contributed by atoms with E-state index >= 15 is 0 Å². The third-order valence-electron chi connectivity index (χ3n) is 4.82. The Balaban J connectivity index is 1.44. The molecule has 1 fully saturated rings. The van der Waals surface area contributed by atoms with Gasteiger partial charge in [0.15, 0.2) is 11.6 Å². The average Bonchev–Trinajstić information content (AvgIpc) is 2.81. The molecule has 1 N–H and O–H groups in total. The van der Waals surface area contributed by atoms with E-state index in [9.17, 15) is 9.18 Å². The van der Waals surface area contributed by atoms with Crippen LogP contribution in [0.15, 0.2) is 67.0 Å². The summed E-state index contributed by atoms with van der Waals surface area (Å²) in [4.78, 5) is 18.5. The lowest BCUT2D eigenvalue weighted by atomic mass is 10.2. The van der Waals surface area contributed by atoms with Crippen molar-refractivity contribution >= 4 is 35.0 Å². The van der Waals surface area contributed by atoms with Crippen molar-refractivity contribution in [2.45, 2.75) is 0 Å². The zero-order chi connectivity index (χ0) is 22.3. The van der Waals surface area contributed by atoms with Crippen LogP contribution < -0.4 is 15.0 Å². The maximum Gasteiger partial charge on any atom is 0.248 e. The number of hydrogen-bond acceptors (Lipinski definition) is 5. The van der Waals surface area contributed by atoms with Gasteiger partial charge >= 0.3 is 0 Å². The molecule has 32 heavy (non-hydrogen) atoms. The van der Waals surface area contributed by atoms with Crippen LogP contribution in [-0.4, -0.2) is 37.2 Å². The van der Waals surface area contributed by atoms with Gasteiger partial charge in [0, 0.05) is 25.4 Å². The third kappa shape index (κ3) is 5.43. The number of hydrogen-bond donors (Lipinski definition) is 1. The number of nitrogens with zero attached hydrogens (tertiary/aromatic N) is 2. The van der Waals surface area contributed by atoms with Gasteiger partial charge in [-0.25, -0.2) is 4.39 Å². The SMILES string of the molecule is O=C(/C=C/c1ccc(Oc2cccnc2)c(F)c1)Nc1cccc(Cl)c1N1CCOCC1. The van der Waals surface area contributed by atoms with Crippen molar-refractivity contribution in [3.05, 3.63) is 83.4 Å². The van der Waals surface area contributed by atoms with Gasteiger partial charge < -0.3 is 19.7 Å². The number of carbonyl (C=O) groups is 1. The lowest BCUT2D eigenvalue weighted by Crippen LogP contribution is -2.37. The highest BCUT2D eigenvalue weighted by Crippen LogP contribution is 2.34. The number of rotatable bonds is 6. The van der Waals surface area contributed by atoms with E-state index in [0.717, 1.165) is 5.69 Å². The van der Waals surface area contributed by atoms with Crippen LogP contribution in [-0.2, 0) is 9.53 Å². The number of carbonyl (C=O) groups excluding carboxylic acids is 1. The Kier molecular flexibility index (Phi) is 6.99. The molecule has 2 aromatic carbocycles. The number of nitrogens with one attached hydrogen (secondary N) is 1. The van der Waals surface area contributed by atoms with Crippen LogP contribution in [0.25, 0.3) is 6.08 Å². The van der Waals surface area contributed by atoms with E-state index in [-0.39, 0.29) is 11.7 Å². The van der Waals surface area contributed by atoms with Crippen LogP contribution in [0.1, 0.15) is 5.56 Å². The molecular weight excluding hydrogens is 433 g/mol. The van der Waals surface area contributed by atoms with E-state index in [2.05, 4.69) is 15.2 Å². The number of pyridine rings is 1. The van der Waals surface area contributed by atoms with Gasteiger partial charge in [0.05, 0.1) is 35.8 Å². The minimum absolute atomic E-state index is 0.0775. The Labute approximate surface area is 190 Å². The van der Waals surface area contributed by atoms with Crippen molar-refractivity contribution in [1.29, 1.82) is 0 Å². The fourth-order valence-electron chi connectivity index (χ4n) is 3.31. The molecule has 0 saturated carbocycles. The number of amides is 1. The summed E-state index contributed by atoms with van der Waals surface area (Å²) in [5.41, 5.74) is 1.90. The summed E-state index contributed by atoms with van der Waals surface area (Å²) < 4.78 is 25.3. The summed E-state index contributed by atoms with van der Waals surface area (Å²) in [6, 6.07) is 13.2. The monoisotopic (exact) mass is 453 g/mol. The topological polar surface area (TPSA) is 63.7 Å². The van der Waals surface area contributed by atoms with Gasteiger partial charge in [-0.3, -0.25) is 9.78 Å². The maximum absolute atomic E-state index is 14.4. The van der Waals surface area contributed by atoms with Crippen molar-refractivity contribution in [3.8, 4) is 11.5 Å². The Hall–Kier alpha value is -3.42. The molecule has 0 spiro atoms. The van der Waals surface area contributed by atoms with Gasteiger partial charge in [-0.1, -0.05) is 23.7 Å². The second kappa shape index (κ2) is 10.3. The number of morpholine rings is 1. The standard InChI is InChI=1S/C24H21ClFN3O3/c25-19-4-1-5-21(24(19)29-11-13-31-14-12-29)28-23(30)9-7-17-6-8-22(20(26)15-17)32-18-3-2-10-27-16-18/h1-10,15-16H,11-14H2,(H,28,30)/b9-7+. The molecule has 0 radical (unpaired) electrons. The summed E-state index contributed by atoms with van der Waals surface area (Å²) in [6.45, 7) is 2.58. The zero-order valence-electron chi connectivity index (χ0n) is 17.1. The molecule has 1 aliphatic heterocycles. The minimum Gasteiger partial charge on any atom is -0.453 e. The first-order chi connectivity index (χ1) is 15.6. The average molecular weight is 454 g/mol. The van der Waals surface area contributed by atoms with Crippen molar-refractivity contribution < 1.29 is 18.7 Å². The molecule has 6 nitrogen and oxygen atoms in total. The summed E-state index contributed by atoms with van der Waals surface area (Å²) >= 11 is 6.40. The molecule has 0 aliphatic carbocycles. The van der Waals surface area contributed by atoms with Crippen LogP contribution in [0.5, 0.6) is 11.5 Å². The smallest absolute Gasteiger partial charge is 0.248 e. The van der Waals surface area contributed by atoms with Crippen LogP contribution in [0.3, 0.4) is 0 Å². The normalized spacial score (nSPS) is 13.9. The highest BCUT2D eigenvalue weighted by Gasteiger charge is 2.18.